The highest BCUT2D eigenvalue weighted by atomic mass is 19.1. The maximum Gasteiger partial charge on any atom is 0.416 e. The van der Waals surface area contributed by atoms with E-state index in [-0.39, 0.29) is 30.2 Å². The van der Waals surface area contributed by atoms with Crippen molar-refractivity contribution in [3.63, 3.8) is 0 Å². The monoisotopic (exact) mass is 494 g/mol. The number of aryl methyl sites for hydroxylation is 1. The Labute approximate surface area is 207 Å². The standard InChI is InChI=1S/C26H27FN4O5/c1-17-8-2-3-9-19(17)18(14-24(32)33)16-28-25(34)21-15-23(36-26(35)30-12-6-7-13-30)31(29-21)22-11-5-4-10-20(22)27/h2-5,8-11,15,18H,6-7,12-14,16H2,1H3,(H,28,34)(H,32,33). The van der Waals surface area contributed by atoms with E-state index in [1.54, 1.807) is 6.07 Å². The number of ether oxygens (including phenoxy) is 1. The molecule has 2 aromatic carbocycles. The number of aliphatic carboxylic acids is 1. The van der Waals surface area contributed by atoms with Gasteiger partial charge in [-0.25, -0.2) is 9.18 Å². The molecule has 10 heteroatoms. The van der Waals surface area contributed by atoms with Crippen molar-refractivity contribution in [2.45, 2.75) is 32.1 Å². The van der Waals surface area contributed by atoms with E-state index in [0.717, 1.165) is 28.7 Å². The Morgan fingerprint density at radius 3 is 2.50 bits per heavy atom. The van der Waals surface area contributed by atoms with Gasteiger partial charge < -0.3 is 20.1 Å². The SMILES string of the molecule is Cc1ccccc1C(CNC(=O)c1cc(OC(=O)N2CCCC2)n(-c2ccccc2F)n1)CC(=O)O. The molecule has 9 nitrogen and oxygen atoms in total. The van der Waals surface area contributed by atoms with Crippen LogP contribution in [-0.4, -0.2) is 57.4 Å². The molecule has 0 saturated carbocycles. The van der Waals surface area contributed by atoms with Crippen molar-refractivity contribution in [2.75, 3.05) is 19.6 Å². The normalized spacial score (nSPS) is 13.9. The summed E-state index contributed by atoms with van der Waals surface area (Å²) >= 11 is 0. The quantitative estimate of drug-likeness (QED) is 0.491. The van der Waals surface area contributed by atoms with E-state index in [1.165, 1.54) is 29.2 Å². The van der Waals surface area contributed by atoms with Gasteiger partial charge >= 0.3 is 12.1 Å². The number of carbonyl (C=O) groups excluding carboxylic acids is 2. The summed E-state index contributed by atoms with van der Waals surface area (Å²) in [6.45, 7) is 3.04. The van der Waals surface area contributed by atoms with E-state index >= 15 is 0 Å². The summed E-state index contributed by atoms with van der Waals surface area (Å²) in [4.78, 5) is 38.6. The highest BCUT2D eigenvalue weighted by molar-refractivity contribution is 5.93. The Hall–Kier alpha value is -4.21. The fraction of sp³-hybridized carbons (Fsp3) is 0.308. The number of aromatic nitrogens is 2. The van der Waals surface area contributed by atoms with Gasteiger partial charge in [0.15, 0.2) is 5.69 Å². The number of rotatable bonds is 8. The highest BCUT2D eigenvalue weighted by Gasteiger charge is 2.25. The lowest BCUT2D eigenvalue weighted by atomic mass is 9.92. The zero-order valence-electron chi connectivity index (χ0n) is 19.8. The summed E-state index contributed by atoms with van der Waals surface area (Å²) in [5.74, 6) is -2.76. The fourth-order valence-corrected chi connectivity index (χ4v) is 4.25. The number of hydrogen-bond acceptors (Lipinski definition) is 5. The molecule has 2 heterocycles. The Kier molecular flexibility index (Phi) is 7.62. The predicted molar refractivity (Wildman–Crippen MR) is 129 cm³/mol. The van der Waals surface area contributed by atoms with Crippen LogP contribution in [0.3, 0.4) is 0 Å². The largest absolute Gasteiger partial charge is 0.481 e. The number of nitrogens with zero attached hydrogens (tertiary/aromatic N) is 3. The van der Waals surface area contributed by atoms with Gasteiger partial charge in [0.25, 0.3) is 5.91 Å². The number of likely N-dealkylation sites (tertiary alicyclic amines) is 1. The highest BCUT2D eigenvalue weighted by Crippen LogP contribution is 2.25. The summed E-state index contributed by atoms with van der Waals surface area (Å²) in [5.41, 5.74) is 1.65. The number of benzene rings is 2. The molecular formula is C26H27FN4O5. The number of nitrogens with one attached hydrogen (secondary N) is 1. The van der Waals surface area contributed by atoms with Crippen molar-refractivity contribution in [2.24, 2.45) is 0 Å². The number of carboxylic acid groups (broad SMARTS) is 1. The van der Waals surface area contributed by atoms with Crippen LogP contribution in [-0.2, 0) is 4.79 Å². The number of amides is 2. The molecule has 1 aliphatic heterocycles. The number of para-hydroxylation sites is 1. The van der Waals surface area contributed by atoms with E-state index in [2.05, 4.69) is 10.4 Å². The van der Waals surface area contributed by atoms with Crippen LogP contribution < -0.4 is 10.1 Å². The minimum absolute atomic E-state index is 0.0180. The van der Waals surface area contributed by atoms with Crippen LogP contribution in [0.1, 0.15) is 46.8 Å². The van der Waals surface area contributed by atoms with Crippen LogP contribution in [0.4, 0.5) is 9.18 Å². The zero-order valence-corrected chi connectivity index (χ0v) is 19.8. The van der Waals surface area contributed by atoms with Crippen molar-refractivity contribution in [1.29, 1.82) is 0 Å². The summed E-state index contributed by atoms with van der Waals surface area (Å²) in [7, 11) is 0. The van der Waals surface area contributed by atoms with Gasteiger partial charge in [0.2, 0.25) is 5.88 Å². The summed E-state index contributed by atoms with van der Waals surface area (Å²) < 4.78 is 21.1. The first-order valence-corrected chi connectivity index (χ1v) is 11.7. The van der Waals surface area contributed by atoms with Gasteiger partial charge in [-0.1, -0.05) is 36.4 Å². The van der Waals surface area contributed by atoms with Crippen molar-refractivity contribution < 1.29 is 28.6 Å². The Balaban J connectivity index is 1.57. The maximum absolute atomic E-state index is 14.5. The Morgan fingerprint density at radius 1 is 1.11 bits per heavy atom. The third-order valence-electron chi connectivity index (χ3n) is 6.10. The molecule has 1 aromatic heterocycles. The second-order valence-corrected chi connectivity index (χ2v) is 8.65. The van der Waals surface area contributed by atoms with Gasteiger partial charge in [-0.05, 0) is 43.0 Å². The van der Waals surface area contributed by atoms with Crippen molar-refractivity contribution in [3.05, 3.63) is 77.2 Å². The van der Waals surface area contributed by atoms with E-state index in [1.807, 2.05) is 31.2 Å². The number of carbonyl (C=O) groups is 3. The molecule has 36 heavy (non-hydrogen) atoms. The fourth-order valence-electron chi connectivity index (χ4n) is 4.25. The molecule has 2 amide bonds. The van der Waals surface area contributed by atoms with Crippen LogP contribution >= 0.6 is 0 Å². The summed E-state index contributed by atoms with van der Waals surface area (Å²) in [6, 6.07) is 14.5. The molecule has 0 aliphatic carbocycles. The first-order chi connectivity index (χ1) is 17.3. The number of halogens is 1. The van der Waals surface area contributed by atoms with Gasteiger partial charge in [0.1, 0.15) is 11.5 Å². The second kappa shape index (κ2) is 11.0. The molecule has 1 saturated heterocycles. The van der Waals surface area contributed by atoms with Crippen LogP contribution in [0.2, 0.25) is 0 Å². The molecule has 0 bridgehead atoms. The third-order valence-corrected chi connectivity index (χ3v) is 6.10. The molecule has 2 N–H and O–H groups in total. The Bertz CT molecular complexity index is 1270. The van der Waals surface area contributed by atoms with Crippen molar-refractivity contribution >= 4 is 18.0 Å². The van der Waals surface area contributed by atoms with E-state index in [0.29, 0.717) is 13.1 Å². The van der Waals surface area contributed by atoms with Gasteiger partial charge in [-0.15, -0.1) is 0 Å². The molecule has 0 radical (unpaired) electrons. The van der Waals surface area contributed by atoms with Crippen LogP contribution in [0.5, 0.6) is 5.88 Å². The topological polar surface area (TPSA) is 114 Å². The lowest BCUT2D eigenvalue weighted by Gasteiger charge is -2.18. The number of carboxylic acids is 1. The zero-order chi connectivity index (χ0) is 25.7. The molecule has 4 rings (SSSR count). The average Bonchev–Trinajstić information content (AvgIpc) is 3.53. The lowest BCUT2D eigenvalue weighted by Crippen LogP contribution is -2.31. The van der Waals surface area contributed by atoms with Crippen LogP contribution in [0.25, 0.3) is 5.69 Å². The van der Waals surface area contributed by atoms with Crippen molar-refractivity contribution in [3.8, 4) is 11.6 Å². The van der Waals surface area contributed by atoms with E-state index in [9.17, 15) is 23.9 Å². The molecule has 1 atom stereocenters. The van der Waals surface area contributed by atoms with Gasteiger partial charge in [0.05, 0.1) is 6.42 Å². The summed E-state index contributed by atoms with van der Waals surface area (Å²) in [5, 5.41) is 16.3. The molecular weight excluding hydrogens is 467 g/mol. The molecule has 3 aromatic rings. The molecule has 188 valence electrons. The van der Waals surface area contributed by atoms with Crippen molar-refractivity contribution in [1.82, 2.24) is 20.0 Å². The molecule has 1 unspecified atom stereocenters. The van der Waals surface area contributed by atoms with E-state index < -0.39 is 29.7 Å². The Morgan fingerprint density at radius 2 is 1.81 bits per heavy atom. The van der Waals surface area contributed by atoms with E-state index in [4.69, 9.17) is 4.74 Å². The predicted octanol–water partition coefficient (Wildman–Crippen LogP) is 3.90. The first-order valence-electron chi connectivity index (χ1n) is 11.7. The third kappa shape index (κ3) is 5.70. The lowest BCUT2D eigenvalue weighted by molar-refractivity contribution is -0.137. The average molecular weight is 495 g/mol. The minimum Gasteiger partial charge on any atom is -0.481 e. The van der Waals surface area contributed by atoms with Crippen LogP contribution in [0, 0.1) is 12.7 Å². The molecule has 1 aliphatic rings. The van der Waals surface area contributed by atoms with Crippen LogP contribution in [0.15, 0.2) is 54.6 Å². The van der Waals surface area contributed by atoms with Gasteiger partial charge in [-0.2, -0.15) is 9.78 Å². The smallest absolute Gasteiger partial charge is 0.416 e. The summed E-state index contributed by atoms with van der Waals surface area (Å²) in [6.07, 6.45) is 0.965. The maximum atomic E-state index is 14.5. The first kappa shape index (κ1) is 24.9. The van der Waals surface area contributed by atoms with Gasteiger partial charge in [-0.3, -0.25) is 9.59 Å². The minimum atomic E-state index is -0.988. The molecule has 1 fully saturated rings. The number of hydrogen-bond donors (Lipinski definition) is 2. The van der Waals surface area contributed by atoms with Gasteiger partial charge in [0, 0.05) is 31.6 Å². The second-order valence-electron chi connectivity index (χ2n) is 8.65. The molecule has 0 spiro atoms.